The Morgan fingerprint density at radius 1 is 1.36 bits per heavy atom. The second kappa shape index (κ2) is 6.61. The highest BCUT2D eigenvalue weighted by Crippen LogP contribution is 2.25. The Labute approximate surface area is 131 Å². The SMILES string of the molecule is Cc1nc(SC(C)C(=O)Nc2ccc([N+](=O)[O-])cc2)oc1C. The molecule has 1 atom stereocenters. The molecule has 0 aliphatic heterocycles. The number of amides is 1. The van der Waals surface area contributed by atoms with E-state index in [9.17, 15) is 14.9 Å². The number of hydrogen-bond donors (Lipinski definition) is 1. The number of non-ortho nitro benzene ring substituents is 1. The van der Waals surface area contributed by atoms with Crippen molar-refractivity contribution in [2.24, 2.45) is 0 Å². The number of anilines is 1. The summed E-state index contributed by atoms with van der Waals surface area (Å²) in [4.78, 5) is 26.4. The van der Waals surface area contributed by atoms with Crippen molar-refractivity contribution in [1.82, 2.24) is 4.98 Å². The Hall–Kier alpha value is -2.35. The fourth-order valence-corrected chi connectivity index (χ4v) is 2.44. The van der Waals surface area contributed by atoms with Crippen LogP contribution in [0.4, 0.5) is 11.4 Å². The van der Waals surface area contributed by atoms with Gasteiger partial charge in [0.25, 0.3) is 10.9 Å². The van der Waals surface area contributed by atoms with Gasteiger partial charge in [-0.05, 0) is 32.9 Å². The van der Waals surface area contributed by atoms with Gasteiger partial charge in [-0.2, -0.15) is 0 Å². The largest absolute Gasteiger partial charge is 0.437 e. The predicted molar refractivity (Wildman–Crippen MR) is 83.0 cm³/mol. The molecule has 0 bridgehead atoms. The van der Waals surface area contributed by atoms with Crippen LogP contribution in [-0.4, -0.2) is 21.1 Å². The van der Waals surface area contributed by atoms with Crippen molar-refractivity contribution in [3.05, 3.63) is 45.8 Å². The zero-order valence-electron chi connectivity index (χ0n) is 12.3. The Balaban J connectivity index is 1.97. The number of benzene rings is 1. The van der Waals surface area contributed by atoms with Crippen LogP contribution in [0.25, 0.3) is 0 Å². The maximum absolute atomic E-state index is 12.1. The van der Waals surface area contributed by atoms with Gasteiger partial charge in [0.15, 0.2) is 0 Å². The van der Waals surface area contributed by atoms with Gasteiger partial charge in [-0.3, -0.25) is 14.9 Å². The molecular weight excluding hydrogens is 306 g/mol. The molecular formula is C14H15N3O4S. The number of nitro benzene ring substituents is 1. The quantitative estimate of drug-likeness (QED) is 0.515. The maximum atomic E-state index is 12.1. The Kier molecular flexibility index (Phi) is 4.81. The van der Waals surface area contributed by atoms with Crippen molar-refractivity contribution in [2.75, 3.05) is 5.32 Å². The molecule has 116 valence electrons. The molecule has 1 amide bonds. The van der Waals surface area contributed by atoms with Crippen LogP contribution in [0.5, 0.6) is 0 Å². The topological polar surface area (TPSA) is 98.3 Å². The number of oxazole rings is 1. The molecule has 0 spiro atoms. The Morgan fingerprint density at radius 3 is 2.50 bits per heavy atom. The van der Waals surface area contributed by atoms with Crippen molar-refractivity contribution in [3.63, 3.8) is 0 Å². The van der Waals surface area contributed by atoms with Gasteiger partial charge in [-0.25, -0.2) is 4.98 Å². The molecule has 1 N–H and O–H groups in total. The second-order valence-electron chi connectivity index (χ2n) is 4.67. The van der Waals surface area contributed by atoms with Gasteiger partial charge in [-0.15, -0.1) is 0 Å². The summed E-state index contributed by atoms with van der Waals surface area (Å²) in [6, 6.07) is 5.67. The van der Waals surface area contributed by atoms with E-state index in [1.807, 2.05) is 13.8 Å². The van der Waals surface area contributed by atoms with Crippen LogP contribution in [0.1, 0.15) is 18.4 Å². The van der Waals surface area contributed by atoms with E-state index < -0.39 is 10.2 Å². The predicted octanol–water partition coefficient (Wildman–Crippen LogP) is 3.32. The lowest BCUT2D eigenvalue weighted by molar-refractivity contribution is -0.384. The van der Waals surface area contributed by atoms with Gasteiger partial charge < -0.3 is 9.73 Å². The first-order chi connectivity index (χ1) is 10.4. The molecule has 0 saturated carbocycles. The number of rotatable bonds is 5. The van der Waals surface area contributed by atoms with Gasteiger partial charge >= 0.3 is 0 Å². The number of carbonyl (C=O) groups excluding carboxylic acids is 1. The highest BCUT2D eigenvalue weighted by Gasteiger charge is 2.18. The number of aryl methyl sites for hydroxylation is 2. The van der Waals surface area contributed by atoms with Crippen LogP contribution in [0.2, 0.25) is 0 Å². The average Bonchev–Trinajstić information content (AvgIpc) is 2.77. The van der Waals surface area contributed by atoms with Gasteiger partial charge in [0, 0.05) is 17.8 Å². The summed E-state index contributed by atoms with van der Waals surface area (Å²) < 4.78 is 5.42. The van der Waals surface area contributed by atoms with Crippen molar-refractivity contribution >= 4 is 29.0 Å². The summed E-state index contributed by atoms with van der Waals surface area (Å²) in [6.45, 7) is 5.39. The van der Waals surface area contributed by atoms with Gasteiger partial charge in [0.05, 0.1) is 15.9 Å². The first kappa shape index (κ1) is 16.0. The summed E-state index contributed by atoms with van der Waals surface area (Å²) in [6.07, 6.45) is 0. The minimum absolute atomic E-state index is 0.0221. The minimum atomic E-state index is -0.489. The zero-order chi connectivity index (χ0) is 16.3. The van der Waals surface area contributed by atoms with Crippen LogP contribution in [0.15, 0.2) is 33.9 Å². The fraction of sp³-hybridized carbons (Fsp3) is 0.286. The van der Waals surface area contributed by atoms with E-state index in [1.54, 1.807) is 6.92 Å². The van der Waals surface area contributed by atoms with Crippen LogP contribution in [0.3, 0.4) is 0 Å². The summed E-state index contributed by atoms with van der Waals surface area (Å²) in [5.41, 5.74) is 1.28. The van der Waals surface area contributed by atoms with E-state index in [1.165, 1.54) is 36.0 Å². The summed E-state index contributed by atoms with van der Waals surface area (Å²) in [5.74, 6) is 0.498. The molecule has 0 aliphatic rings. The monoisotopic (exact) mass is 321 g/mol. The maximum Gasteiger partial charge on any atom is 0.269 e. The van der Waals surface area contributed by atoms with E-state index in [2.05, 4.69) is 10.3 Å². The van der Waals surface area contributed by atoms with Crippen LogP contribution < -0.4 is 5.32 Å². The molecule has 0 aliphatic carbocycles. The molecule has 2 aromatic rings. The standard InChI is InChI=1S/C14H15N3O4S/c1-8-9(2)21-14(15-8)22-10(3)13(18)16-11-4-6-12(7-5-11)17(19)20/h4-7,10H,1-3H3,(H,16,18). The first-order valence-electron chi connectivity index (χ1n) is 6.53. The van der Waals surface area contributed by atoms with Crippen LogP contribution in [-0.2, 0) is 4.79 Å². The highest BCUT2D eigenvalue weighted by molar-refractivity contribution is 8.00. The van der Waals surface area contributed by atoms with E-state index in [4.69, 9.17) is 4.42 Å². The van der Waals surface area contributed by atoms with Gasteiger partial charge in [-0.1, -0.05) is 11.8 Å². The Bertz CT molecular complexity index is 677. The molecule has 7 nitrogen and oxygen atoms in total. The normalized spacial score (nSPS) is 12.0. The number of carbonyl (C=O) groups is 1. The van der Waals surface area contributed by atoms with Crippen molar-refractivity contribution < 1.29 is 14.1 Å². The third kappa shape index (κ3) is 3.85. The molecule has 1 aromatic carbocycles. The molecule has 1 heterocycles. The average molecular weight is 321 g/mol. The molecule has 1 aromatic heterocycles. The van der Waals surface area contributed by atoms with Crippen molar-refractivity contribution in [1.29, 1.82) is 0 Å². The summed E-state index contributed by atoms with van der Waals surface area (Å²) >= 11 is 1.22. The number of aromatic nitrogens is 1. The lowest BCUT2D eigenvalue weighted by Gasteiger charge is -2.09. The lowest BCUT2D eigenvalue weighted by Crippen LogP contribution is -2.22. The molecule has 22 heavy (non-hydrogen) atoms. The Morgan fingerprint density at radius 2 is 2.00 bits per heavy atom. The molecule has 2 rings (SSSR count). The number of nitrogens with zero attached hydrogens (tertiary/aromatic N) is 2. The zero-order valence-corrected chi connectivity index (χ0v) is 13.1. The number of hydrogen-bond acceptors (Lipinski definition) is 6. The fourth-order valence-electron chi connectivity index (χ4n) is 1.61. The first-order valence-corrected chi connectivity index (χ1v) is 7.41. The lowest BCUT2D eigenvalue weighted by atomic mass is 10.3. The van der Waals surface area contributed by atoms with Crippen molar-refractivity contribution in [2.45, 2.75) is 31.2 Å². The summed E-state index contributed by atoms with van der Waals surface area (Å²) in [5, 5.41) is 13.3. The highest BCUT2D eigenvalue weighted by atomic mass is 32.2. The summed E-state index contributed by atoms with van der Waals surface area (Å²) in [7, 11) is 0. The number of thioether (sulfide) groups is 1. The van der Waals surface area contributed by atoms with Gasteiger partial charge in [0.1, 0.15) is 5.76 Å². The van der Waals surface area contributed by atoms with E-state index in [0.29, 0.717) is 10.9 Å². The second-order valence-corrected chi connectivity index (χ2v) is 5.97. The van der Waals surface area contributed by atoms with E-state index >= 15 is 0 Å². The molecule has 0 saturated heterocycles. The van der Waals surface area contributed by atoms with E-state index in [0.717, 1.165) is 11.5 Å². The molecule has 8 heteroatoms. The smallest absolute Gasteiger partial charge is 0.269 e. The molecule has 0 fully saturated rings. The number of nitro groups is 1. The van der Waals surface area contributed by atoms with Crippen molar-refractivity contribution in [3.8, 4) is 0 Å². The third-order valence-electron chi connectivity index (χ3n) is 3.00. The van der Waals surface area contributed by atoms with Gasteiger partial charge in [0.2, 0.25) is 5.91 Å². The molecule has 0 radical (unpaired) electrons. The minimum Gasteiger partial charge on any atom is -0.437 e. The van der Waals surface area contributed by atoms with Crippen LogP contribution >= 0.6 is 11.8 Å². The van der Waals surface area contributed by atoms with E-state index in [-0.39, 0.29) is 11.6 Å². The molecule has 1 unspecified atom stereocenters. The van der Waals surface area contributed by atoms with Crippen LogP contribution in [0, 0.1) is 24.0 Å². The number of nitrogens with one attached hydrogen (secondary N) is 1. The third-order valence-corrected chi connectivity index (χ3v) is 3.95.